The fraction of sp³-hybridized carbons (Fsp3) is 0. The van der Waals surface area contributed by atoms with Crippen molar-refractivity contribution in [2.24, 2.45) is 0 Å². The minimum atomic E-state index is -1.13. The molecular weight excluding hydrogens is 796 g/mol. The van der Waals surface area contributed by atoms with Gasteiger partial charge in [0, 0.05) is 33.3 Å². The second-order valence-corrected chi connectivity index (χ2v) is 14.6. The third-order valence-corrected chi connectivity index (χ3v) is 10.8. The van der Waals surface area contributed by atoms with Crippen molar-refractivity contribution >= 4 is 80.8 Å². The molecule has 4 aromatic carbocycles. The van der Waals surface area contributed by atoms with E-state index >= 15 is 0 Å². The molecule has 5 heterocycles. The Morgan fingerprint density at radius 2 is 0.885 bits per heavy atom. The number of hydrogen-bond acceptors (Lipinski definition) is 6. The van der Waals surface area contributed by atoms with Crippen LogP contribution in [0.15, 0.2) is 127 Å². The van der Waals surface area contributed by atoms with E-state index in [-0.39, 0.29) is 27.3 Å². The number of carboxylic acid groups (broad SMARTS) is 4. The molecule has 296 valence electrons. The molecule has 0 atom stereocenters. The lowest BCUT2D eigenvalue weighted by Crippen LogP contribution is -1.99. The molecule has 0 amide bonds. The maximum Gasteiger partial charge on any atom is 0.335 e. The predicted octanol–water partition coefficient (Wildman–Crippen LogP) is 10.3. The molecule has 2 aliphatic heterocycles. The number of carbonyl (C=O) groups is 4. The van der Waals surface area contributed by atoms with Crippen molar-refractivity contribution in [3.63, 3.8) is 0 Å². The van der Waals surface area contributed by atoms with Crippen LogP contribution in [0.4, 0.5) is 0 Å². The molecule has 6 N–H and O–H groups in total. The van der Waals surface area contributed by atoms with E-state index in [2.05, 4.69) is 9.97 Å². The number of aromatic nitrogens is 4. The Kier molecular flexibility index (Phi) is 9.46. The van der Waals surface area contributed by atoms with Crippen molar-refractivity contribution < 1.29 is 39.6 Å². The van der Waals surface area contributed by atoms with Gasteiger partial charge in [-0.3, -0.25) is 0 Å². The summed E-state index contributed by atoms with van der Waals surface area (Å²) in [5.74, 6) is -4.47. The SMILES string of the molecule is O=C(O)c1ccc(C2=C(c3ccc(C(=O)O)cc3)c3nc2cc2ccc(cc4nc(cc5[nH]c(c3-c3ccc(C(=O)O)cc3)c(-c3ccc(C(=O)O)cc3)c5Cl)C=C4)[nH]2)cc1. The standard InChI is InChI=1S/C48H29ClN4O8/c49-42-37-23-35-20-18-33(51-35)21-32-17-19-34(50-32)22-36-38(24-1-9-28(10-2-24)45(54)55)39(25-3-11-29(12-4-25)46(56)57)43(52-36)41(27-7-15-31(16-8-27)48(60)61)44(53-37)40(42)26-5-13-30(14-6-26)47(58)59/h1-23,50,53H,(H,54,55)(H,56,57)(H,58,59)(H,60,61). The fourth-order valence-corrected chi connectivity index (χ4v) is 7.82. The van der Waals surface area contributed by atoms with Crippen LogP contribution in [0.1, 0.15) is 75.3 Å². The second-order valence-electron chi connectivity index (χ2n) is 14.2. The van der Waals surface area contributed by atoms with Crippen LogP contribution in [0.25, 0.3) is 67.6 Å². The van der Waals surface area contributed by atoms with Crippen LogP contribution in [0.2, 0.25) is 5.02 Å². The smallest absolute Gasteiger partial charge is 0.335 e. The summed E-state index contributed by atoms with van der Waals surface area (Å²) in [6, 6.07) is 34.4. The van der Waals surface area contributed by atoms with Crippen LogP contribution in [0, 0.1) is 0 Å². The van der Waals surface area contributed by atoms with Crippen LogP contribution < -0.4 is 0 Å². The van der Waals surface area contributed by atoms with E-state index in [0.717, 1.165) is 5.52 Å². The molecule has 2 aliphatic rings. The van der Waals surface area contributed by atoms with E-state index in [1.165, 1.54) is 48.5 Å². The van der Waals surface area contributed by atoms with Crippen molar-refractivity contribution in [3.8, 4) is 22.3 Å². The number of benzene rings is 4. The van der Waals surface area contributed by atoms with Gasteiger partial charge in [-0.15, -0.1) is 0 Å². The molecule has 0 saturated heterocycles. The highest BCUT2D eigenvalue weighted by Crippen LogP contribution is 2.47. The normalized spacial score (nSPS) is 12.1. The van der Waals surface area contributed by atoms with E-state index in [4.69, 9.17) is 21.6 Å². The van der Waals surface area contributed by atoms with E-state index in [0.29, 0.717) is 83.9 Å². The minimum Gasteiger partial charge on any atom is -0.478 e. The summed E-state index contributed by atoms with van der Waals surface area (Å²) in [6.45, 7) is 0. The third-order valence-electron chi connectivity index (χ3n) is 10.4. The summed E-state index contributed by atoms with van der Waals surface area (Å²) in [7, 11) is 0. The van der Waals surface area contributed by atoms with E-state index in [1.807, 2.05) is 36.4 Å². The van der Waals surface area contributed by atoms with Crippen LogP contribution in [-0.4, -0.2) is 64.2 Å². The van der Waals surface area contributed by atoms with Gasteiger partial charge in [-0.25, -0.2) is 29.1 Å². The zero-order chi connectivity index (χ0) is 42.5. The second kappa shape index (κ2) is 15.1. The van der Waals surface area contributed by atoms with Gasteiger partial charge in [-0.2, -0.15) is 0 Å². The molecule has 0 fully saturated rings. The number of nitrogens with one attached hydrogen (secondary N) is 2. The third kappa shape index (κ3) is 7.13. The quantitative estimate of drug-likeness (QED) is 0.0854. The molecule has 0 spiro atoms. The van der Waals surface area contributed by atoms with Gasteiger partial charge in [0.05, 0.1) is 61.1 Å². The molecule has 12 nitrogen and oxygen atoms in total. The summed E-state index contributed by atoms with van der Waals surface area (Å²) < 4.78 is 0. The monoisotopic (exact) mass is 824 g/mol. The number of carboxylic acids is 4. The van der Waals surface area contributed by atoms with Gasteiger partial charge in [-0.05, 0) is 113 Å². The van der Waals surface area contributed by atoms with Crippen molar-refractivity contribution in [2.45, 2.75) is 0 Å². The van der Waals surface area contributed by atoms with Gasteiger partial charge in [0.2, 0.25) is 0 Å². The Morgan fingerprint density at radius 1 is 0.459 bits per heavy atom. The van der Waals surface area contributed by atoms with Gasteiger partial charge >= 0.3 is 23.9 Å². The number of aromatic carboxylic acids is 4. The number of aromatic amines is 2. The lowest BCUT2D eigenvalue weighted by molar-refractivity contribution is 0.0686. The Balaban J connectivity index is 1.52. The number of fused-ring (bicyclic) bond motifs is 8. The minimum absolute atomic E-state index is 0.0335. The average Bonchev–Trinajstić information content (AvgIpc) is 4.05. The van der Waals surface area contributed by atoms with Gasteiger partial charge in [0.25, 0.3) is 0 Å². The molecule has 3 aromatic heterocycles. The molecule has 8 bridgehead atoms. The molecule has 0 unspecified atom stereocenters. The summed E-state index contributed by atoms with van der Waals surface area (Å²) in [5.41, 5.74) is 8.92. The molecule has 0 radical (unpaired) electrons. The maximum atomic E-state index is 12.1. The predicted molar refractivity (Wildman–Crippen MR) is 232 cm³/mol. The van der Waals surface area contributed by atoms with Crippen molar-refractivity contribution in [2.75, 3.05) is 0 Å². The maximum absolute atomic E-state index is 12.1. The summed E-state index contributed by atoms with van der Waals surface area (Å²) in [6.07, 6.45) is 3.71. The van der Waals surface area contributed by atoms with Crippen molar-refractivity contribution in [1.82, 2.24) is 19.9 Å². The molecule has 7 aromatic rings. The average molecular weight is 825 g/mol. The molecule has 9 rings (SSSR count). The van der Waals surface area contributed by atoms with E-state index in [9.17, 15) is 39.6 Å². The Bertz CT molecular complexity index is 3240. The van der Waals surface area contributed by atoms with Gasteiger partial charge < -0.3 is 30.4 Å². The van der Waals surface area contributed by atoms with E-state index < -0.39 is 23.9 Å². The van der Waals surface area contributed by atoms with Crippen LogP contribution in [0.3, 0.4) is 0 Å². The summed E-state index contributed by atoms with van der Waals surface area (Å²) >= 11 is 7.37. The Hall–Kier alpha value is -8.35. The molecule has 0 saturated carbocycles. The first-order valence-corrected chi connectivity index (χ1v) is 19.0. The molecule has 13 heteroatoms. The zero-order valence-electron chi connectivity index (χ0n) is 31.5. The molecular formula is C48H29ClN4O8. The number of nitrogens with zero attached hydrogens (tertiary/aromatic N) is 2. The highest BCUT2D eigenvalue weighted by Gasteiger charge is 2.29. The Labute approximate surface area is 350 Å². The van der Waals surface area contributed by atoms with Gasteiger partial charge in [0.15, 0.2) is 0 Å². The lowest BCUT2D eigenvalue weighted by atomic mass is 9.88. The highest BCUT2D eigenvalue weighted by atomic mass is 35.5. The first-order chi connectivity index (χ1) is 29.4. The number of hydrogen-bond donors (Lipinski definition) is 6. The van der Waals surface area contributed by atoms with Crippen LogP contribution >= 0.6 is 11.6 Å². The van der Waals surface area contributed by atoms with Crippen LogP contribution in [0.5, 0.6) is 0 Å². The van der Waals surface area contributed by atoms with E-state index in [1.54, 1.807) is 54.6 Å². The van der Waals surface area contributed by atoms with Gasteiger partial charge in [-0.1, -0.05) is 60.1 Å². The highest BCUT2D eigenvalue weighted by molar-refractivity contribution is 6.38. The fourth-order valence-electron chi connectivity index (χ4n) is 7.52. The first kappa shape index (κ1) is 38.2. The topological polar surface area (TPSA) is 207 Å². The van der Waals surface area contributed by atoms with Crippen LogP contribution in [-0.2, 0) is 0 Å². The zero-order valence-corrected chi connectivity index (χ0v) is 32.2. The van der Waals surface area contributed by atoms with Crippen molar-refractivity contribution in [3.05, 3.63) is 189 Å². The number of H-pyrrole nitrogens is 2. The van der Waals surface area contributed by atoms with Gasteiger partial charge in [0.1, 0.15) is 0 Å². The molecule has 0 aliphatic carbocycles. The summed E-state index contributed by atoms with van der Waals surface area (Å²) in [5, 5.41) is 39.6. The largest absolute Gasteiger partial charge is 0.478 e. The number of rotatable bonds is 8. The van der Waals surface area contributed by atoms with Crippen molar-refractivity contribution in [1.29, 1.82) is 0 Å². The first-order valence-electron chi connectivity index (χ1n) is 18.6. The number of halogens is 1. The lowest BCUT2D eigenvalue weighted by Gasteiger charge is -2.14. The Morgan fingerprint density at radius 3 is 1.38 bits per heavy atom. The summed E-state index contributed by atoms with van der Waals surface area (Å²) in [4.78, 5) is 65.2. The molecule has 61 heavy (non-hydrogen) atoms.